The standard InChI is InChI=1S/C15H28N6/c1-4-12(5-2)11-17-14-18-13(16-6-3)19-15(20-14)21-9-7-8-10-21/h12H,4-11H2,1-3H3,(H2,16,17,18,19,20). The summed E-state index contributed by atoms with van der Waals surface area (Å²) in [5.41, 5.74) is 0. The number of nitrogens with one attached hydrogen (secondary N) is 2. The predicted molar refractivity (Wildman–Crippen MR) is 88.0 cm³/mol. The zero-order chi connectivity index (χ0) is 15.1. The van der Waals surface area contributed by atoms with Crippen LogP contribution in [0.2, 0.25) is 0 Å². The van der Waals surface area contributed by atoms with E-state index in [-0.39, 0.29) is 0 Å². The summed E-state index contributed by atoms with van der Waals surface area (Å²) in [6.45, 7) is 10.3. The lowest BCUT2D eigenvalue weighted by molar-refractivity contribution is 0.517. The Hall–Kier alpha value is -1.59. The molecule has 0 spiro atoms. The van der Waals surface area contributed by atoms with Crippen molar-refractivity contribution in [2.75, 3.05) is 41.7 Å². The van der Waals surface area contributed by atoms with Crippen molar-refractivity contribution in [3.8, 4) is 0 Å². The Morgan fingerprint density at radius 2 is 1.57 bits per heavy atom. The molecule has 0 atom stereocenters. The van der Waals surface area contributed by atoms with Crippen LogP contribution in [0.4, 0.5) is 17.8 Å². The van der Waals surface area contributed by atoms with Crippen molar-refractivity contribution in [2.24, 2.45) is 5.92 Å². The molecule has 6 nitrogen and oxygen atoms in total. The highest BCUT2D eigenvalue weighted by molar-refractivity contribution is 5.44. The lowest BCUT2D eigenvalue weighted by atomic mass is 10.0. The van der Waals surface area contributed by atoms with E-state index in [1.54, 1.807) is 0 Å². The molecule has 1 aromatic rings. The number of hydrogen-bond acceptors (Lipinski definition) is 6. The Bertz CT molecular complexity index is 426. The molecule has 0 bridgehead atoms. The molecule has 1 aromatic heterocycles. The summed E-state index contributed by atoms with van der Waals surface area (Å²) in [6, 6.07) is 0. The lowest BCUT2D eigenvalue weighted by Crippen LogP contribution is -2.23. The average Bonchev–Trinajstić information content (AvgIpc) is 3.03. The van der Waals surface area contributed by atoms with Gasteiger partial charge in [-0.1, -0.05) is 26.7 Å². The first kappa shape index (κ1) is 15.8. The molecule has 2 rings (SSSR count). The molecular formula is C15H28N6. The molecule has 6 heteroatoms. The molecule has 0 saturated carbocycles. The van der Waals surface area contributed by atoms with Gasteiger partial charge in [0, 0.05) is 26.2 Å². The second-order valence-corrected chi connectivity index (χ2v) is 5.57. The SMILES string of the molecule is CCNc1nc(NCC(CC)CC)nc(N2CCCC2)n1. The Balaban J connectivity index is 2.10. The van der Waals surface area contributed by atoms with E-state index in [1.807, 2.05) is 0 Å². The first-order valence-corrected chi connectivity index (χ1v) is 8.25. The summed E-state index contributed by atoms with van der Waals surface area (Å²) >= 11 is 0. The maximum Gasteiger partial charge on any atom is 0.231 e. The molecule has 0 radical (unpaired) electrons. The van der Waals surface area contributed by atoms with Crippen LogP contribution in [-0.2, 0) is 0 Å². The van der Waals surface area contributed by atoms with Crippen LogP contribution in [0.3, 0.4) is 0 Å². The first-order valence-electron chi connectivity index (χ1n) is 8.25. The zero-order valence-electron chi connectivity index (χ0n) is 13.5. The summed E-state index contributed by atoms with van der Waals surface area (Å²) in [7, 11) is 0. The minimum absolute atomic E-state index is 0.666. The lowest BCUT2D eigenvalue weighted by Gasteiger charge is -2.18. The van der Waals surface area contributed by atoms with Gasteiger partial charge in [0.25, 0.3) is 0 Å². The van der Waals surface area contributed by atoms with Crippen molar-refractivity contribution in [1.82, 2.24) is 15.0 Å². The summed E-state index contributed by atoms with van der Waals surface area (Å²) in [5, 5.41) is 6.58. The van der Waals surface area contributed by atoms with E-state index in [0.717, 1.165) is 32.1 Å². The van der Waals surface area contributed by atoms with Crippen LogP contribution in [0.5, 0.6) is 0 Å². The van der Waals surface area contributed by atoms with Crippen molar-refractivity contribution in [1.29, 1.82) is 0 Å². The number of hydrogen-bond donors (Lipinski definition) is 2. The quantitative estimate of drug-likeness (QED) is 0.768. The molecule has 0 aromatic carbocycles. The number of rotatable bonds is 8. The van der Waals surface area contributed by atoms with Crippen LogP contribution < -0.4 is 15.5 Å². The van der Waals surface area contributed by atoms with Crippen molar-refractivity contribution in [2.45, 2.75) is 46.5 Å². The summed E-state index contributed by atoms with van der Waals surface area (Å²) < 4.78 is 0. The zero-order valence-corrected chi connectivity index (χ0v) is 13.5. The van der Waals surface area contributed by atoms with Crippen LogP contribution in [0.15, 0.2) is 0 Å². The van der Waals surface area contributed by atoms with E-state index in [2.05, 4.69) is 51.3 Å². The minimum Gasteiger partial charge on any atom is -0.354 e. The number of anilines is 3. The molecule has 0 amide bonds. The normalized spacial score (nSPS) is 14.8. The molecule has 1 aliphatic heterocycles. The van der Waals surface area contributed by atoms with Crippen LogP contribution in [-0.4, -0.2) is 41.1 Å². The third kappa shape index (κ3) is 4.44. The molecule has 21 heavy (non-hydrogen) atoms. The average molecular weight is 292 g/mol. The molecule has 2 N–H and O–H groups in total. The second kappa shape index (κ2) is 8.00. The first-order chi connectivity index (χ1) is 10.3. The Labute approximate surface area is 127 Å². The number of nitrogens with zero attached hydrogens (tertiary/aromatic N) is 4. The topological polar surface area (TPSA) is 66.0 Å². The smallest absolute Gasteiger partial charge is 0.231 e. The Morgan fingerprint density at radius 1 is 0.952 bits per heavy atom. The van der Waals surface area contributed by atoms with Gasteiger partial charge < -0.3 is 15.5 Å². The maximum atomic E-state index is 4.59. The van der Waals surface area contributed by atoms with Crippen LogP contribution in [0.25, 0.3) is 0 Å². The summed E-state index contributed by atoms with van der Waals surface area (Å²) in [5.74, 6) is 2.82. The van der Waals surface area contributed by atoms with E-state index in [1.165, 1.54) is 25.7 Å². The maximum absolute atomic E-state index is 4.59. The fourth-order valence-corrected chi connectivity index (χ4v) is 2.55. The van der Waals surface area contributed by atoms with Crippen LogP contribution in [0, 0.1) is 5.92 Å². The molecule has 0 unspecified atom stereocenters. The van der Waals surface area contributed by atoms with E-state index >= 15 is 0 Å². The van der Waals surface area contributed by atoms with E-state index in [9.17, 15) is 0 Å². The van der Waals surface area contributed by atoms with Crippen molar-refractivity contribution < 1.29 is 0 Å². The highest BCUT2D eigenvalue weighted by Gasteiger charge is 2.17. The summed E-state index contributed by atoms with van der Waals surface area (Å²) in [4.78, 5) is 15.8. The highest BCUT2D eigenvalue weighted by Crippen LogP contribution is 2.19. The van der Waals surface area contributed by atoms with Gasteiger partial charge in [0.05, 0.1) is 0 Å². The van der Waals surface area contributed by atoms with E-state index in [0.29, 0.717) is 17.8 Å². The van der Waals surface area contributed by atoms with E-state index < -0.39 is 0 Å². The van der Waals surface area contributed by atoms with Crippen molar-refractivity contribution in [3.63, 3.8) is 0 Å². The molecule has 118 valence electrons. The minimum atomic E-state index is 0.666. The van der Waals surface area contributed by atoms with Gasteiger partial charge in [-0.15, -0.1) is 0 Å². The molecule has 1 aliphatic rings. The molecule has 0 aliphatic carbocycles. The highest BCUT2D eigenvalue weighted by atomic mass is 15.3. The van der Waals surface area contributed by atoms with Gasteiger partial charge in [0.1, 0.15) is 0 Å². The molecule has 2 heterocycles. The van der Waals surface area contributed by atoms with Gasteiger partial charge in [-0.25, -0.2) is 0 Å². The van der Waals surface area contributed by atoms with Gasteiger partial charge in [-0.2, -0.15) is 15.0 Å². The molecular weight excluding hydrogens is 264 g/mol. The summed E-state index contributed by atoms with van der Waals surface area (Å²) in [6.07, 6.45) is 4.79. The van der Waals surface area contributed by atoms with Crippen LogP contribution in [0.1, 0.15) is 46.5 Å². The third-order valence-corrected chi connectivity index (χ3v) is 4.05. The van der Waals surface area contributed by atoms with Crippen molar-refractivity contribution in [3.05, 3.63) is 0 Å². The monoisotopic (exact) mass is 292 g/mol. The van der Waals surface area contributed by atoms with Gasteiger partial charge in [-0.05, 0) is 25.7 Å². The fourth-order valence-electron chi connectivity index (χ4n) is 2.55. The predicted octanol–water partition coefficient (Wildman–Crippen LogP) is 2.75. The fraction of sp³-hybridized carbons (Fsp3) is 0.800. The van der Waals surface area contributed by atoms with Gasteiger partial charge >= 0.3 is 0 Å². The van der Waals surface area contributed by atoms with Gasteiger partial charge in [0.15, 0.2) is 0 Å². The largest absolute Gasteiger partial charge is 0.354 e. The second-order valence-electron chi connectivity index (χ2n) is 5.57. The Morgan fingerprint density at radius 3 is 2.14 bits per heavy atom. The number of aromatic nitrogens is 3. The van der Waals surface area contributed by atoms with Gasteiger partial charge in [0.2, 0.25) is 17.8 Å². The third-order valence-electron chi connectivity index (χ3n) is 4.05. The molecule has 1 saturated heterocycles. The van der Waals surface area contributed by atoms with Gasteiger partial charge in [-0.3, -0.25) is 0 Å². The van der Waals surface area contributed by atoms with E-state index in [4.69, 9.17) is 0 Å². The van der Waals surface area contributed by atoms with Crippen LogP contribution >= 0.6 is 0 Å². The Kier molecular flexibility index (Phi) is 6.02. The van der Waals surface area contributed by atoms with Crippen molar-refractivity contribution >= 4 is 17.8 Å². The molecule has 1 fully saturated rings.